The summed E-state index contributed by atoms with van der Waals surface area (Å²) in [4.78, 5) is 12.5. The first-order chi connectivity index (χ1) is 15.4. The average molecular weight is 418 g/mol. The highest BCUT2D eigenvalue weighted by Crippen LogP contribution is 2.31. The van der Waals surface area contributed by atoms with Gasteiger partial charge in [-0.25, -0.2) is 9.98 Å². The van der Waals surface area contributed by atoms with Crippen LogP contribution in [0, 0.1) is 5.92 Å². The van der Waals surface area contributed by atoms with E-state index in [-0.39, 0.29) is 18.0 Å². The highest BCUT2D eigenvalue weighted by molar-refractivity contribution is 6.01. The summed E-state index contributed by atoms with van der Waals surface area (Å²) in [6.45, 7) is 4.59. The zero-order valence-corrected chi connectivity index (χ0v) is 18.0. The zero-order valence-electron chi connectivity index (χ0n) is 18.0. The first-order valence-corrected chi connectivity index (χ1v) is 11.6. The van der Waals surface area contributed by atoms with E-state index in [9.17, 15) is 0 Å². The molecule has 0 amide bonds. The van der Waals surface area contributed by atoms with Gasteiger partial charge in [-0.2, -0.15) is 0 Å². The molecule has 3 heterocycles. The lowest BCUT2D eigenvalue weighted by Crippen LogP contribution is -2.34. The van der Waals surface area contributed by atoms with E-state index in [2.05, 4.69) is 53.4 Å². The number of ether oxygens (including phenoxy) is 2. The molecule has 2 unspecified atom stereocenters. The summed E-state index contributed by atoms with van der Waals surface area (Å²) >= 11 is 0. The van der Waals surface area contributed by atoms with E-state index >= 15 is 0 Å². The van der Waals surface area contributed by atoms with Crippen molar-refractivity contribution in [3.8, 4) is 0 Å². The minimum atomic E-state index is -0.00986. The molecule has 31 heavy (non-hydrogen) atoms. The summed E-state index contributed by atoms with van der Waals surface area (Å²) < 4.78 is 12.3. The third-order valence-corrected chi connectivity index (χ3v) is 6.49. The van der Waals surface area contributed by atoms with Crippen LogP contribution in [0.1, 0.15) is 48.9 Å². The molecule has 0 saturated carbocycles. The summed E-state index contributed by atoms with van der Waals surface area (Å²) in [7, 11) is 0. The van der Waals surface area contributed by atoms with Crippen LogP contribution in [0.25, 0.3) is 0 Å². The standard InChI is InChI=1S/C26H31N3O2/c1-4-10-20(11-5-1)23-18-30-25(27-23)22(14-17-29-15-8-3-9-16-29)26-28-24(19-31-26)21-12-6-2-7-13-21/h1-2,4-7,10-13,22-24H,3,8-9,14-19H2. The molecule has 5 heteroatoms. The molecule has 5 nitrogen and oxygen atoms in total. The summed E-state index contributed by atoms with van der Waals surface area (Å²) in [6.07, 6.45) is 4.88. The Morgan fingerprint density at radius 1 is 0.742 bits per heavy atom. The Morgan fingerprint density at radius 3 is 1.77 bits per heavy atom. The highest BCUT2D eigenvalue weighted by atomic mass is 16.5. The minimum Gasteiger partial charge on any atom is -0.478 e. The second kappa shape index (κ2) is 9.65. The van der Waals surface area contributed by atoms with E-state index < -0.39 is 0 Å². The van der Waals surface area contributed by atoms with Crippen LogP contribution in [0.15, 0.2) is 70.6 Å². The molecule has 5 rings (SSSR count). The molecule has 162 valence electrons. The fourth-order valence-corrected chi connectivity index (χ4v) is 4.71. The average Bonchev–Trinajstić information content (AvgIpc) is 3.52. The fraction of sp³-hybridized carbons (Fsp3) is 0.462. The van der Waals surface area contributed by atoms with Gasteiger partial charge in [0.2, 0.25) is 0 Å². The number of hydrogen-bond donors (Lipinski definition) is 0. The van der Waals surface area contributed by atoms with Crippen molar-refractivity contribution in [2.24, 2.45) is 15.9 Å². The van der Waals surface area contributed by atoms with Gasteiger partial charge >= 0.3 is 0 Å². The van der Waals surface area contributed by atoms with Crippen LogP contribution in [0.4, 0.5) is 0 Å². The normalized spacial score (nSPS) is 24.8. The molecule has 2 aromatic carbocycles. The largest absolute Gasteiger partial charge is 0.478 e. The highest BCUT2D eigenvalue weighted by Gasteiger charge is 2.35. The SMILES string of the molecule is c1ccc(C2COC(C(CCN3CCCCC3)C3=NC(c4ccccc4)CO3)=N2)cc1. The topological polar surface area (TPSA) is 46.4 Å². The number of benzene rings is 2. The monoisotopic (exact) mass is 417 g/mol. The predicted octanol–water partition coefficient (Wildman–Crippen LogP) is 4.82. The number of rotatable bonds is 7. The number of aliphatic imine (C=N–C) groups is 2. The predicted molar refractivity (Wildman–Crippen MR) is 124 cm³/mol. The van der Waals surface area contributed by atoms with Crippen molar-refractivity contribution < 1.29 is 9.47 Å². The summed E-state index contributed by atoms with van der Waals surface area (Å²) in [6, 6.07) is 20.9. The molecule has 0 bridgehead atoms. The number of likely N-dealkylation sites (tertiary alicyclic amines) is 1. The van der Waals surface area contributed by atoms with Crippen molar-refractivity contribution in [1.29, 1.82) is 0 Å². The lowest BCUT2D eigenvalue weighted by Gasteiger charge is -2.27. The maximum absolute atomic E-state index is 6.15. The van der Waals surface area contributed by atoms with Gasteiger partial charge in [0.25, 0.3) is 0 Å². The van der Waals surface area contributed by atoms with Crippen molar-refractivity contribution in [3.05, 3.63) is 71.8 Å². The molecule has 2 aromatic rings. The second-order valence-electron chi connectivity index (χ2n) is 8.65. The second-order valence-corrected chi connectivity index (χ2v) is 8.65. The van der Waals surface area contributed by atoms with Gasteiger partial charge in [-0.3, -0.25) is 0 Å². The van der Waals surface area contributed by atoms with Gasteiger partial charge in [0.15, 0.2) is 11.8 Å². The molecule has 0 aliphatic carbocycles. The van der Waals surface area contributed by atoms with Crippen LogP contribution in [0.2, 0.25) is 0 Å². The van der Waals surface area contributed by atoms with Crippen molar-refractivity contribution in [2.75, 3.05) is 32.8 Å². The van der Waals surface area contributed by atoms with Crippen molar-refractivity contribution >= 4 is 11.8 Å². The van der Waals surface area contributed by atoms with E-state index in [0.29, 0.717) is 13.2 Å². The van der Waals surface area contributed by atoms with Crippen molar-refractivity contribution in [1.82, 2.24) is 4.90 Å². The Kier molecular flexibility index (Phi) is 6.30. The molecule has 1 fully saturated rings. The Labute approximate surface area is 184 Å². The molecule has 2 atom stereocenters. The Hall–Kier alpha value is -2.66. The Balaban J connectivity index is 1.36. The van der Waals surface area contributed by atoms with Gasteiger partial charge in [0.05, 0.1) is 0 Å². The summed E-state index contributed by atoms with van der Waals surface area (Å²) in [5.74, 6) is 1.57. The molecule has 0 radical (unpaired) electrons. The van der Waals surface area contributed by atoms with Crippen molar-refractivity contribution in [3.63, 3.8) is 0 Å². The first-order valence-electron chi connectivity index (χ1n) is 11.6. The smallest absolute Gasteiger partial charge is 0.196 e. The van der Waals surface area contributed by atoms with E-state index in [4.69, 9.17) is 19.5 Å². The van der Waals surface area contributed by atoms with E-state index in [1.807, 2.05) is 12.1 Å². The maximum atomic E-state index is 6.15. The molecular weight excluding hydrogens is 386 g/mol. The van der Waals surface area contributed by atoms with Crippen LogP contribution in [-0.4, -0.2) is 49.5 Å². The minimum absolute atomic E-state index is 0.00986. The molecule has 0 aromatic heterocycles. The van der Waals surface area contributed by atoms with Gasteiger partial charge in [0.1, 0.15) is 31.2 Å². The maximum Gasteiger partial charge on any atom is 0.196 e. The van der Waals surface area contributed by atoms with Crippen molar-refractivity contribution in [2.45, 2.75) is 37.8 Å². The van der Waals surface area contributed by atoms with Crippen LogP contribution in [0.5, 0.6) is 0 Å². The summed E-state index contributed by atoms with van der Waals surface area (Å²) in [5.41, 5.74) is 2.40. The van der Waals surface area contributed by atoms with Gasteiger partial charge < -0.3 is 14.4 Å². The van der Waals surface area contributed by atoms with Crippen LogP contribution >= 0.6 is 0 Å². The number of nitrogens with zero attached hydrogens (tertiary/aromatic N) is 3. The lowest BCUT2D eigenvalue weighted by atomic mass is 10.0. The van der Waals surface area contributed by atoms with Crippen LogP contribution < -0.4 is 0 Å². The third-order valence-electron chi connectivity index (χ3n) is 6.49. The molecular formula is C26H31N3O2. The molecule has 0 spiro atoms. The fourth-order valence-electron chi connectivity index (χ4n) is 4.71. The van der Waals surface area contributed by atoms with E-state index in [1.165, 1.54) is 43.5 Å². The molecule has 0 N–H and O–H groups in total. The third kappa shape index (κ3) is 4.82. The van der Waals surface area contributed by atoms with E-state index in [1.54, 1.807) is 0 Å². The van der Waals surface area contributed by atoms with Gasteiger partial charge in [-0.05, 0) is 50.0 Å². The molecule has 1 saturated heterocycles. The van der Waals surface area contributed by atoms with Gasteiger partial charge in [0, 0.05) is 0 Å². The van der Waals surface area contributed by atoms with Gasteiger partial charge in [-0.15, -0.1) is 0 Å². The zero-order chi connectivity index (χ0) is 20.9. The summed E-state index contributed by atoms with van der Waals surface area (Å²) in [5, 5.41) is 0. The molecule has 3 aliphatic heterocycles. The Bertz CT molecular complexity index is 841. The van der Waals surface area contributed by atoms with Gasteiger partial charge in [-0.1, -0.05) is 67.1 Å². The number of hydrogen-bond acceptors (Lipinski definition) is 5. The number of piperidine rings is 1. The quantitative estimate of drug-likeness (QED) is 0.649. The Morgan fingerprint density at radius 2 is 1.26 bits per heavy atom. The molecule has 3 aliphatic rings. The first kappa shape index (κ1) is 20.3. The van der Waals surface area contributed by atoms with Crippen LogP contribution in [0.3, 0.4) is 0 Å². The van der Waals surface area contributed by atoms with E-state index in [0.717, 1.165) is 24.8 Å². The van der Waals surface area contributed by atoms with Crippen LogP contribution in [-0.2, 0) is 9.47 Å². The lowest BCUT2D eigenvalue weighted by molar-refractivity contribution is 0.216.